The number of carbonyl (C=O) groups is 1. The first-order valence-corrected chi connectivity index (χ1v) is 4.20. The van der Waals surface area contributed by atoms with Gasteiger partial charge in [-0.1, -0.05) is 0 Å². The monoisotopic (exact) mass is 173 g/mol. The molecule has 1 aliphatic rings. The van der Waals surface area contributed by atoms with Gasteiger partial charge in [0.15, 0.2) is 0 Å². The summed E-state index contributed by atoms with van der Waals surface area (Å²) < 4.78 is 4.54. The normalized spacial score (nSPS) is 28.8. The van der Waals surface area contributed by atoms with E-state index in [1.807, 2.05) is 0 Å². The van der Waals surface area contributed by atoms with E-state index in [1.165, 1.54) is 7.11 Å². The summed E-state index contributed by atoms with van der Waals surface area (Å²) in [5, 5.41) is 12.0. The van der Waals surface area contributed by atoms with Gasteiger partial charge in [-0.2, -0.15) is 0 Å². The van der Waals surface area contributed by atoms with E-state index in [4.69, 9.17) is 5.11 Å². The third kappa shape index (κ3) is 2.46. The number of esters is 1. The van der Waals surface area contributed by atoms with Gasteiger partial charge in [-0.05, 0) is 12.8 Å². The van der Waals surface area contributed by atoms with Gasteiger partial charge in [0.2, 0.25) is 0 Å². The lowest BCUT2D eigenvalue weighted by Gasteiger charge is -2.10. The van der Waals surface area contributed by atoms with Crippen molar-refractivity contribution in [1.29, 1.82) is 0 Å². The number of nitrogens with one attached hydrogen (secondary N) is 1. The molecule has 0 spiro atoms. The molecule has 0 aromatic rings. The van der Waals surface area contributed by atoms with Crippen LogP contribution in [0.2, 0.25) is 0 Å². The Kier molecular flexibility index (Phi) is 3.49. The molecule has 2 atom stereocenters. The molecule has 12 heavy (non-hydrogen) atoms. The Labute approximate surface area is 71.9 Å². The van der Waals surface area contributed by atoms with Gasteiger partial charge >= 0.3 is 5.97 Å². The Balaban J connectivity index is 2.23. The van der Waals surface area contributed by atoms with Gasteiger partial charge in [-0.25, -0.2) is 0 Å². The van der Waals surface area contributed by atoms with Gasteiger partial charge in [0.05, 0.1) is 20.1 Å². The predicted molar refractivity (Wildman–Crippen MR) is 43.7 cm³/mol. The SMILES string of the molecule is COC(=O)C[C@@H]1CC[C@@H](CO)N1. The Bertz CT molecular complexity index is 160. The van der Waals surface area contributed by atoms with Crippen molar-refractivity contribution in [3.63, 3.8) is 0 Å². The van der Waals surface area contributed by atoms with E-state index in [9.17, 15) is 4.79 Å². The second kappa shape index (κ2) is 4.42. The molecule has 4 heteroatoms. The number of aliphatic hydroxyl groups is 1. The minimum atomic E-state index is -0.189. The van der Waals surface area contributed by atoms with Crippen LogP contribution in [0.3, 0.4) is 0 Å². The van der Waals surface area contributed by atoms with Crippen molar-refractivity contribution >= 4 is 5.97 Å². The maximum Gasteiger partial charge on any atom is 0.307 e. The van der Waals surface area contributed by atoms with E-state index in [2.05, 4.69) is 10.1 Å². The molecule has 0 bridgehead atoms. The van der Waals surface area contributed by atoms with E-state index in [0.29, 0.717) is 6.42 Å². The molecular weight excluding hydrogens is 158 g/mol. The fourth-order valence-electron chi connectivity index (χ4n) is 1.49. The van der Waals surface area contributed by atoms with Crippen LogP contribution in [0.25, 0.3) is 0 Å². The van der Waals surface area contributed by atoms with E-state index in [0.717, 1.165) is 12.8 Å². The smallest absolute Gasteiger partial charge is 0.307 e. The minimum absolute atomic E-state index is 0.150. The van der Waals surface area contributed by atoms with Gasteiger partial charge in [-0.3, -0.25) is 4.79 Å². The van der Waals surface area contributed by atoms with Crippen molar-refractivity contribution < 1.29 is 14.6 Å². The van der Waals surface area contributed by atoms with Crippen LogP contribution in [-0.4, -0.2) is 36.9 Å². The molecule has 1 aliphatic heterocycles. The summed E-state index contributed by atoms with van der Waals surface area (Å²) in [4.78, 5) is 10.8. The van der Waals surface area contributed by atoms with Gasteiger partial charge in [0.1, 0.15) is 0 Å². The average Bonchev–Trinajstić information content (AvgIpc) is 2.52. The van der Waals surface area contributed by atoms with Crippen molar-refractivity contribution in [3.05, 3.63) is 0 Å². The van der Waals surface area contributed by atoms with E-state index in [1.54, 1.807) is 0 Å². The molecule has 0 radical (unpaired) electrons. The molecule has 0 amide bonds. The minimum Gasteiger partial charge on any atom is -0.469 e. The molecule has 2 N–H and O–H groups in total. The van der Waals surface area contributed by atoms with Gasteiger partial charge < -0.3 is 15.2 Å². The van der Waals surface area contributed by atoms with Crippen molar-refractivity contribution in [2.45, 2.75) is 31.3 Å². The lowest BCUT2D eigenvalue weighted by molar-refractivity contribution is -0.141. The molecule has 0 aromatic heterocycles. The van der Waals surface area contributed by atoms with Crippen LogP contribution in [0.5, 0.6) is 0 Å². The second-order valence-corrected chi connectivity index (χ2v) is 3.10. The number of hydrogen-bond donors (Lipinski definition) is 2. The second-order valence-electron chi connectivity index (χ2n) is 3.10. The number of aliphatic hydroxyl groups excluding tert-OH is 1. The molecule has 1 rings (SSSR count). The lowest BCUT2D eigenvalue weighted by Crippen LogP contribution is -2.33. The molecule has 1 fully saturated rings. The van der Waals surface area contributed by atoms with Gasteiger partial charge in [0.25, 0.3) is 0 Å². The zero-order chi connectivity index (χ0) is 8.97. The lowest BCUT2D eigenvalue weighted by atomic mass is 10.1. The van der Waals surface area contributed by atoms with E-state index < -0.39 is 0 Å². The molecule has 0 aliphatic carbocycles. The first kappa shape index (κ1) is 9.48. The average molecular weight is 173 g/mol. The highest BCUT2D eigenvalue weighted by molar-refractivity contribution is 5.69. The van der Waals surface area contributed by atoms with Crippen LogP contribution in [0.1, 0.15) is 19.3 Å². The maximum atomic E-state index is 10.8. The van der Waals surface area contributed by atoms with E-state index in [-0.39, 0.29) is 24.7 Å². The maximum absolute atomic E-state index is 10.8. The van der Waals surface area contributed by atoms with Crippen LogP contribution in [0.4, 0.5) is 0 Å². The third-order valence-electron chi connectivity index (χ3n) is 2.20. The summed E-state index contributed by atoms with van der Waals surface area (Å²) in [7, 11) is 1.39. The van der Waals surface area contributed by atoms with Crippen LogP contribution in [0, 0.1) is 0 Å². The first-order chi connectivity index (χ1) is 5.76. The molecule has 70 valence electrons. The standard InChI is InChI=1S/C8H15NO3/c1-12-8(11)4-6-2-3-7(5-10)9-6/h6-7,9-10H,2-5H2,1H3/t6-,7-/m0/s1. The quantitative estimate of drug-likeness (QED) is 0.573. The summed E-state index contributed by atoms with van der Waals surface area (Å²) in [6.07, 6.45) is 2.30. The van der Waals surface area contributed by atoms with Crippen LogP contribution >= 0.6 is 0 Å². The summed E-state index contributed by atoms with van der Waals surface area (Å²) in [6, 6.07) is 0.356. The Morgan fingerprint density at radius 3 is 2.75 bits per heavy atom. The van der Waals surface area contributed by atoms with Gasteiger partial charge in [-0.15, -0.1) is 0 Å². The van der Waals surface area contributed by atoms with Crippen LogP contribution in [0.15, 0.2) is 0 Å². The third-order valence-corrected chi connectivity index (χ3v) is 2.20. The Morgan fingerprint density at radius 2 is 2.25 bits per heavy atom. The molecule has 1 saturated heterocycles. The number of rotatable bonds is 3. The molecule has 0 aromatic carbocycles. The number of methoxy groups -OCH3 is 1. The first-order valence-electron chi connectivity index (χ1n) is 4.20. The summed E-state index contributed by atoms with van der Waals surface area (Å²) in [5.41, 5.74) is 0. The molecular formula is C8H15NO3. The zero-order valence-corrected chi connectivity index (χ0v) is 7.25. The predicted octanol–water partition coefficient (Wildman–Crippen LogP) is -0.338. The highest BCUT2D eigenvalue weighted by atomic mass is 16.5. The van der Waals surface area contributed by atoms with E-state index >= 15 is 0 Å². The zero-order valence-electron chi connectivity index (χ0n) is 7.25. The summed E-state index contributed by atoms with van der Waals surface area (Å²) in [6.45, 7) is 0.150. The number of hydrogen-bond acceptors (Lipinski definition) is 4. The molecule has 0 saturated carbocycles. The number of ether oxygens (including phenoxy) is 1. The van der Waals surface area contributed by atoms with Crippen LogP contribution < -0.4 is 5.32 Å². The highest BCUT2D eigenvalue weighted by Crippen LogP contribution is 2.14. The fourth-order valence-corrected chi connectivity index (χ4v) is 1.49. The Hall–Kier alpha value is -0.610. The van der Waals surface area contributed by atoms with Crippen LogP contribution in [-0.2, 0) is 9.53 Å². The summed E-state index contributed by atoms with van der Waals surface area (Å²) >= 11 is 0. The topological polar surface area (TPSA) is 58.6 Å². The fraction of sp³-hybridized carbons (Fsp3) is 0.875. The molecule has 4 nitrogen and oxygen atoms in total. The highest BCUT2D eigenvalue weighted by Gasteiger charge is 2.24. The molecule has 1 heterocycles. The summed E-state index contributed by atoms with van der Waals surface area (Å²) in [5.74, 6) is -0.189. The number of carbonyl (C=O) groups excluding carboxylic acids is 1. The Morgan fingerprint density at radius 1 is 1.58 bits per heavy atom. The van der Waals surface area contributed by atoms with Crippen molar-refractivity contribution in [2.24, 2.45) is 0 Å². The van der Waals surface area contributed by atoms with Crippen molar-refractivity contribution in [2.75, 3.05) is 13.7 Å². The molecule has 0 unspecified atom stereocenters. The largest absolute Gasteiger partial charge is 0.469 e. The van der Waals surface area contributed by atoms with Crippen molar-refractivity contribution in [1.82, 2.24) is 5.32 Å². The van der Waals surface area contributed by atoms with Gasteiger partial charge in [0, 0.05) is 12.1 Å². The van der Waals surface area contributed by atoms with Crippen molar-refractivity contribution in [3.8, 4) is 0 Å².